The Labute approximate surface area is 134 Å². The molecule has 0 bridgehead atoms. The van der Waals surface area contributed by atoms with Gasteiger partial charge in [-0.25, -0.2) is 4.79 Å². The van der Waals surface area contributed by atoms with Gasteiger partial charge in [0.1, 0.15) is 5.75 Å². The van der Waals surface area contributed by atoms with Gasteiger partial charge in [-0.05, 0) is 18.6 Å². The van der Waals surface area contributed by atoms with Gasteiger partial charge < -0.3 is 9.47 Å². The zero-order valence-electron chi connectivity index (χ0n) is 13.6. The molecule has 0 N–H and O–H groups in total. The van der Waals surface area contributed by atoms with E-state index in [1.54, 1.807) is 0 Å². The number of hydrogen-bond acceptors (Lipinski definition) is 3. The second kappa shape index (κ2) is 11.8. The van der Waals surface area contributed by atoms with Crippen LogP contribution in [0.3, 0.4) is 0 Å². The molecule has 0 aromatic heterocycles. The summed E-state index contributed by atoms with van der Waals surface area (Å²) < 4.78 is 11.0. The summed E-state index contributed by atoms with van der Waals surface area (Å²) in [5.74, 6) is 0.274. The summed E-state index contributed by atoms with van der Waals surface area (Å²) in [6, 6.07) is 9.44. The maximum atomic E-state index is 11.4. The Hall–Kier alpha value is -1.77. The molecule has 1 rings (SSSR count). The SMILES string of the molecule is C=CC(=O)OC(CCCCCCCCC)Oc1ccccc1. The minimum atomic E-state index is -0.538. The Morgan fingerprint density at radius 2 is 1.73 bits per heavy atom. The van der Waals surface area contributed by atoms with E-state index in [9.17, 15) is 4.79 Å². The minimum Gasteiger partial charge on any atom is -0.455 e. The molecular weight excluding hydrogens is 276 g/mol. The van der Waals surface area contributed by atoms with E-state index in [1.165, 1.54) is 38.2 Å². The van der Waals surface area contributed by atoms with Gasteiger partial charge in [0.05, 0.1) is 0 Å². The Bertz CT molecular complexity index is 414. The van der Waals surface area contributed by atoms with Crippen molar-refractivity contribution in [2.75, 3.05) is 0 Å². The van der Waals surface area contributed by atoms with Crippen molar-refractivity contribution < 1.29 is 14.3 Å². The van der Waals surface area contributed by atoms with Gasteiger partial charge in [0.25, 0.3) is 0 Å². The van der Waals surface area contributed by atoms with Gasteiger partial charge in [0.2, 0.25) is 6.29 Å². The molecule has 0 aliphatic heterocycles. The van der Waals surface area contributed by atoms with E-state index in [0.717, 1.165) is 12.8 Å². The predicted octanol–water partition coefficient (Wildman–Crippen LogP) is 5.26. The first-order valence-electron chi connectivity index (χ1n) is 8.31. The number of unbranched alkanes of at least 4 members (excludes halogenated alkanes) is 6. The molecule has 0 fully saturated rings. The van der Waals surface area contributed by atoms with Crippen molar-refractivity contribution in [3.63, 3.8) is 0 Å². The summed E-state index contributed by atoms with van der Waals surface area (Å²) in [7, 11) is 0. The van der Waals surface area contributed by atoms with E-state index < -0.39 is 12.3 Å². The quantitative estimate of drug-likeness (QED) is 0.229. The molecule has 0 heterocycles. The molecule has 0 aliphatic carbocycles. The number of carbonyl (C=O) groups is 1. The highest BCUT2D eigenvalue weighted by molar-refractivity contribution is 5.81. The average molecular weight is 304 g/mol. The molecule has 0 spiro atoms. The van der Waals surface area contributed by atoms with Crippen LogP contribution in [0, 0.1) is 0 Å². The molecule has 1 unspecified atom stereocenters. The van der Waals surface area contributed by atoms with Crippen LogP contribution in [0.4, 0.5) is 0 Å². The topological polar surface area (TPSA) is 35.5 Å². The van der Waals surface area contributed by atoms with Crippen LogP contribution in [0.25, 0.3) is 0 Å². The number of para-hydroxylation sites is 1. The summed E-state index contributed by atoms with van der Waals surface area (Å²) in [4.78, 5) is 11.4. The van der Waals surface area contributed by atoms with Crippen LogP contribution in [0.1, 0.15) is 58.3 Å². The lowest BCUT2D eigenvalue weighted by Gasteiger charge is -2.18. The van der Waals surface area contributed by atoms with Gasteiger partial charge >= 0.3 is 5.97 Å². The van der Waals surface area contributed by atoms with Gasteiger partial charge in [-0.2, -0.15) is 0 Å². The Kier molecular flexibility index (Phi) is 9.84. The highest BCUT2D eigenvalue weighted by atomic mass is 16.7. The zero-order chi connectivity index (χ0) is 16.0. The molecule has 0 aliphatic rings. The van der Waals surface area contributed by atoms with Gasteiger partial charge in [-0.15, -0.1) is 0 Å². The molecular formula is C19H28O3. The van der Waals surface area contributed by atoms with E-state index in [0.29, 0.717) is 12.2 Å². The zero-order valence-corrected chi connectivity index (χ0v) is 13.6. The molecule has 0 saturated carbocycles. The Balaban J connectivity index is 2.32. The summed E-state index contributed by atoms with van der Waals surface area (Å²) in [5.41, 5.74) is 0. The van der Waals surface area contributed by atoms with Crippen LogP contribution in [0.15, 0.2) is 43.0 Å². The van der Waals surface area contributed by atoms with Crippen LogP contribution >= 0.6 is 0 Å². The van der Waals surface area contributed by atoms with Crippen LogP contribution in [-0.4, -0.2) is 12.3 Å². The minimum absolute atomic E-state index is 0.441. The molecule has 22 heavy (non-hydrogen) atoms. The maximum Gasteiger partial charge on any atom is 0.333 e. The van der Waals surface area contributed by atoms with E-state index in [4.69, 9.17) is 9.47 Å². The monoisotopic (exact) mass is 304 g/mol. The molecule has 3 heteroatoms. The van der Waals surface area contributed by atoms with E-state index in [2.05, 4.69) is 13.5 Å². The lowest BCUT2D eigenvalue weighted by molar-refractivity contribution is -0.158. The second-order valence-corrected chi connectivity index (χ2v) is 5.41. The first-order chi connectivity index (χ1) is 10.8. The fourth-order valence-corrected chi connectivity index (χ4v) is 2.24. The first-order valence-corrected chi connectivity index (χ1v) is 8.31. The van der Waals surface area contributed by atoms with Gasteiger partial charge in [0.15, 0.2) is 0 Å². The van der Waals surface area contributed by atoms with Crippen molar-refractivity contribution in [3.8, 4) is 5.75 Å². The number of rotatable bonds is 12. The van der Waals surface area contributed by atoms with Crippen molar-refractivity contribution in [2.24, 2.45) is 0 Å². The lowest BCUT2D eigenvalue weighted by atomic mass is 10.1. The third-order valence-electron chi connectivity index (χ3n) is 3.47. The Morgan fingerprint density at radius 3 is 2.36 bits per heavy atom. The number of esters is 1. The fraction of sp³-hybridized carbons (Fsp3) is 0.526. The van der Waals surface area contributed by atoms with Crippen LogP contribution in [-0.2, 0) is 9.53 Å². The third kappa shape index (κ3) is 8.50. The standard InChI is InChI=1S/C19H28O3/c1-3-5-6-7-8-9-13-16-19(22-18(20)4-2)21-17-14-11-10-12-15-17/h4,10-12,14-15,19H,2-3,5-9,13,16H2,1H3. The van der Waals surface area contributed by atoms with Crippen LogP contribution < -0.4 is 4.74 Å². The molecule has 0 radical (unpaired) electrons. The van der Waals surface area contributed by atoms with Gasteiger partial charge in [-0.3, -0.25) is 0 Å². The third-order valence-corrected chi connectivity index (χ3v) is 3.47. The number of ether oxygens (including phenoxy) is 2. The van der Waals surface area contributed by atoms with Crippen molar-refractivity contribution in [2.45, 2.75) is 64.6 Å². The molecule has 1 aromatic rings. The maximum absolute atomic E-state index is 11.4. The number of hydrogen-bond donors (Lipinski definition) is 0. The molecule has 1 atom stereocenters. The van der Waals surface area contributed by atoms with Crippen LogP contribution in [0.2, 0.25) is 0 Å². The smallest absolute Gasteiger partial charge is 0.333 e. The molecule has 1 aromatic carbocycles. The molecule has 122 valence electrons. The van der Waals surface area contributed by atoms with Crippen molar-refractivity contribution >= 4 is 5.97 Å². The second-order valence-electron chi connectivity index (χ2n) is 5.41. The van der Waals surface area contributed by atoms with Crippen molar-refractivity contribution in [1.82, 2.24) is 0 Å². The van der Waals surface area contributed by atoms with E-state index in [1.807, 2.05) is 30.3 Å². The summed E-state index contributed by atoms with van der Waals surface area (Å²) in [6.45, 7) is 5.65. The highest BCUT2D eigenvalue weighted by Crippen LogP contribution is 2.16. The van der Waals surface area contributed by atoms with Gasteiger partial charge in [-0.1, -0.05) is 70.2 Å². The van der Waals surface area contributed by atoms with Gasteiger partial charge in [0, 0.05) is 12.5 Å². The average Bonchev–Trinajstić information content (AvgIpc) is 2.54. The summed E-state index contributed by atoms with van der Waals surface area (Å²) in [5, 5.41) is 0. The van der Waals surface area contributed by atoms with E-state index >= 15 is 0 Å². The van der Waals surface area contributed by atoms with Crippen molar-refractivity contribution in [3.05, 3.63) is 43.0 Å². The predicted molar refractivity (Wildman–Crippen MR) is 89.8 cm³/mol. The fourth-order valence-electron chi connectivity index (χ4n) is 2.24. The molecule has 3 nitrogen and oxygen atoms in total. The largest absolute Gasteiger partial charge is 0.455 e. The lowest BCUT2D eigenvalue weighted by Crippen LogP contribution is -2.23. The van der Waals surface area contributed by atoms with E-state index in [-0.39, 0.29) is 0 Å². The van der Waals surface area contributed by atoms with Crippen molar-refractivity contribution in [1.29, 1.82) is 0 Å². The Morgan fingerprint density at radius 1 is 1.09 bits per heavy atom. The summed E-state index contributed by atoms with van der Waals surface area (Å²) in [6.07, 6.45) is 9.89. The normalized spacial score (nSPS) is 11.7. The first kappa shape index (κ1) is 18.3. The molecule has 0 saturated heterocycles. The summed E-state index contributed by atoms with van der Waals surface area (Å²) >= 11 is 0. The molecule has 0 amide bonds. The van der Waals surface area contributed by atoms with Crippen LogP contribution in [0.5, 0.6) is 5.75 Å². The number of benzene rings is 1. The highest BCUT2D eigenvalue weighted by Gasteiger charge is 2.14. The number of carbonyl (C=O) groups excluding carboxylic acids is 1.